The molecule has 0 aliphatic rings. The van der Waals surface area contributed by atoms with E-state index < -0.39 is 36.8 Å². The van der Waals surface area contributed by atoms with Gasteiger partial charge in [-0.1, -0.05) is 17.2 Å². The number of hydrogen-bond donors (Lipinski definition) is 2. The third kappa shape index (κ3) is 4.45. The van der Waals surface area contributed by atoms with Crippen molar-refractivity contribution in [1.82, 2.24) is 0 Å². The van der Waals surface area contributed by atoms with Crippen LogP contribution in [0.5, 0.6) is 5.75 Å². The van der Waals surface area contributed by atoms with E-state index in [1.807, 2.05) is 0 Å². The van der Waals surface area contributed by atoms with E-state index in [4.69, 9.17) is 5.53 Å². The molecule has 2 unspecified atom stereocenters. The number of hydrogen-bond acceptors (Lipinski definition) is 4. The summed E-state index contributed by atoms with van der Waals surface area (Å²) >= 11 is 0. The van der Waals surface area contributed by atoms with Crippen molar-refractivity contribution in [1.29, 1.82) is 0 Å². The molecule has 1 aromatic carbocycles. The van der Waals surface area contributed by atoms with Gasteiger partial charge in [0.05, 0.1) is 12.6 Å². The molecule has 0 amide bonds. The smallest absolute Gasteiger partial charge is 0.426 e. The van der Waals surface area contributed by atoms with Gasteiger partial charge in [0.15, 0.2) is 0 Å². The van der Waals surface area contributed by atoms with Crippen LogP contribution in [0.2, 0.25) is 0 Å². The van der Waals surface area contributed by atoms with Gasteiger partial charge in [0.25, 0.3) is 0 Å². The van der Waals surface area contributed by atoms with Crippen LogP contribution in [0.4, 0.5) is 22.0 Å². The zero-order valence-corrected chi connectivity index (χ0v) is 10.7. The SMILES string of the molecule is [N-]=[N+]=NCC(O)C(O)c1ccc(OC(F)(F)C(F)(F)F)cc1. The maximum atomic E-state index is 12.7. The van der Waals surface area contributed by atoms with Gasteiger partial charge in [0, 0.05) is 4.91 Å². The largest absolute Gasteiger partial charge is 0.499 e. The fraction of sp³-hybridized carbons (Fsp3) is 0.455. The molecule has 0 saturated carbocycles. The first-order chi connectivity index (χ1) is 10.1. The van der Waals surface area contributed by atoms with Crippen molar-refractivity contribution in [3.63, 3.8) is 0 Å². The number of azide groups is 1. The Morgan fingerprint density at radius 2 is 1.68 bits per heavy atom. The van der Waals surface area contributed by atoms with Crippen molar-refractivity contribution < 1.29 is 36.9 Å². The molecule has 2 atom stereocenters. The second kappa shape index (κ2) is 6.77. The standard InChI is InChI=1S/C11H10F5N3O3/c12-10(13,14)11(15,16)22-7-3-1-6(2-4-7)9(21)8(20)5-18-19-17/h1-4,8-9,20-21H,5H2. The monoisotopic (exact) mass is 327 g/mol. The summed E-state index contributed by atoms with van der Waals surface area (Å²) in [6, 6.07) is 3.54. The second-order valence-electron chi connectivity index (χ2n) is 4.11. The minimum atomic E-state index is -5.86. The highest BCUT2D eigenvalue weighted by Crippen LogP contribution is 2.37. The number of aliphatic hydroxyl groups excluding tert-OH is 2. The van der Waals surface area contributed by atoms with Crippen molar-refractivity contribution in [3.05, 3.63) is 40.3 Å². The molecule has 0 heterocycles. The van der Waals surface area contributed by atoms with Gasteiger partial charge in [-0.25, -0.2) is 0 Å². The Labute approximate surface area is 120 Å². The molecule has 2 N–H and O–H groups in total. The van der Waals surface area contributed by atoms with Crippen molar-refractivity contribution in [2.45, 2.75) is 24.5 Å². The summed E-state index contributed by atoms with van der Waals surface area (Å²) in [5, 5.41) is 22.1. The van der Waals surface area contributed by atoms with Crippen molar-refractivity contribution in [2.75, 3.05) is 6.54 Å². The summed E-state index contributed by atoms with van der Waals surface area (Å²) in [6.45, 7) is -0.442. The van der Waals surface area contributed by atoms with Crippen molar-refractivity contribution >= 4 is 0 Å². The van der Waals surface area contributed by atoms with E-state index in [-0.39, 0.29) is 5.56 Å². The molecule has 1 rings (SSSR count). The number of alkyl halides is 5. The number of rotatable bonds is 6. The maximum Gasteiger partial charge on any atom is 0.499 e. The molecule has 11 heteroatoms. The van der Waals surface area contributed by atoms with Crippen LogP contribution in [0, 0.1) is 0 Å². The van der Waals surface area contributed by atoms with Gasteiger partial charge in [-0.2, -0.15) is 22.0 Å². The lowest BCUT2D eigenvalue weighted by molar-refractivity contribution is -0.360. The van der Waals surface area contributed by atoms with Gasteiger partial charge in [-0.05, 0) is 23.2 Å². The third-order valence-corrected chi connectivity index (χ3v) is 2.49. The van der Waals surface area contributed by atoms with Crippen LogP contribution < -0.4 is 4.74 Å². The summed E-state index contributed by atoms with van der Waals surface area (Å²) in [7, 11) is 0. The maximum absolute atomic E-state index is 12.7. The molecule has 122 valence electrons. The molecule has 0 fully saturated rings. The fourth-order valence-corrected chi connectivity index (χ4v) is 1.38. The predicted molar refractivity (Wildman–Crippen MR) is 63.1 cm³/mol. The van der Waals surface area contributed by atoms with E-state index in [2.05, 4.69) is 14.8 Å². The van der Waals surface area contributed by atoms with Gasteiger partial charge in [-0.3, -0.25) is 0 Å². The average molecular weight is 327 g/mol. The fourth-order valence-electron chi connectivity index (χ4n) is 1.38. The highest BCUT2D eigenvalue weighted by molar-refractivity contribution is 5.29. The van der Waals surface area contributed by atoms with Crippen LogP contribution in [0.15, 0.2) is 29.4 Å². The molecule has 0 aromatic heterocycles. The van der Waals surface area contributed by atoms with E-state index in [0.717, 1.165) is 24.3 Å². The topological polar surface area (TPSA) is 98.5 Å². The van der Waals surface area contributed by atoms with Crippen LogP contribution >= 0.6 is 0 Å². The zero-order chi connectivity index (χ0) is 17.0. The van der Waals surface area contributed by atoms with E-state index >= 15 is 0 Å². The Morgan fingerprint density at radius 3 is 2.14 bits per heavy atom. The normalized spacial score (nSPS) is 14.9. The molecule has 0 spiro atoms. The molecule has 22 heavy (non-hydrogen) atoms. The molecule has 0 aliphatic heterocycles. The minimum absolute atomic E-state index is 0.0170. The zero-order valence-electron chi connectivity index (χ0n) is 10.7. The molecule has 0 aliphatic carbocycles. The second-order valence-corrected chi connectivity index (χ2v) is 4.11. The van der Waals surface area contributed by atoms with E-state index in [9.17, 15) is 32.2 Å². The molecule has 1 aromatic rings. The molecule has 0 saturated heterocycles. The van der Waals surface area contributed by atoms with Crippen molar-refractivity contribution in [3.8, 4) is 5.75 Å². The summed E-state index contributed by atoms with van der Waals surface area (Å²) in [5.41, 5.74) is 8.08. The van der Waals surface area contributed by atoms with Crippen molar-refractivity contribution in [2.24, 2.45) is 5.11 Å². The lowest BCUT2D eigenvalue weighted by Gasteiger charge is -2.21. The number of halogens is 5. The average Bonchev–Trinajstić information content (AvgIpc) is 2.43. The van der Waals surface area contributed by atoms with E-state index in [1.54, 1.807) is 0 Å². The first kappa shape index (κ1) is 18.0. The van der Waals surface area contributed by atoms with Crippen LogP contribution in [0.3, 0.4) is 0 Å². The number of nitrogens with zero attached hydrogens (tertiary/aromatic N) is 3. The lowest BCUT2D eigenvalue weighted by Crippen LogP contribution is -2.41. The lowest BCUT2D eigenvalue weighted by atomic mass is 10.0. The summed E-state index contributed by atoms with van der Waals surface area (Å²) in [5.74, 6) is -0.775. The van der Waals surface area contributed by atoms with E-state index in [0.29, 0.717) is 0 Å². The minimum Gasteiger partial charge on any atom is -0.426 e. The van der Waals surface area contributed by atoms with Crippen LogP contribution in [-0.2, 0) is 0 Å². The Kier molecular flexibility index (Phi) is 5.53. The van der Waals surface area contributed by atoms with Gasteiger partial charge in [0.1, 0.15) is 11.9 Å². The summed E-state index contributed by atoms with van der Waals surface area (Å²) in [4.78, 5) is 2.37. The first-order valence-electron chi connectivity index (χ1n) is 5.69. The Balaban J connectivity index is 2.81. The molecular formula is C11H10F5N3O3. The predicted octanol–water partition coefficient (Wildman–Crippen LogP) is 2.93. The number of ether oxygens (including phenoxy) is 1. The molecular weight excluding hydrogens is 317 g/mol. The summed E-state index contributed by atoms with van der Waals surface area (Å²) in [6.07, 6.45) is -14.2. The number of benzene rings is 1. The molecule has 0 radical (unpaired) electrons. The Morgan fingerprint density at radius 1 is 1.14 bits per heavy atom. The number of aliphatic hydroxyl groups is 2. The third-order valence-electron chi connectivity index (χ3n) is 2.49. The first-order valence-corrected chi connectivity index (χ1v) is 5.69. The van der Waals surface area contributed by atoms with Crippen LogP contribution in [-0.4, -0.2) is 35.1 Å². The highest BCUT2D eigenvalue weighted by Gasteiger charge is 2.61. The Bertz CT molecular complexity index is 543. The van der Waals surface area contributed by atoms with Crippen LogP contribution in [0.1, 0.15) is 11.7 Å². The molecule has 0 bridgehead atoms. The van der Waals surface area contributed by atoms with Gasteiger partial charge >= 0.3 is 12.3 Å². The highest BCUT2D eigenvalue weighted by atomic mass is 19.4. The van der Waals surface area contributed by atoms with Gasteiger partial charge in [0.2, 0.25) is 0 Å². The van der Waals surface area contributed by atoms with E-state index in [1.165, 1.54) is 0 Å². The quantitative estimate of drug-likeness (QED) is 0.364. The van der Waals surface area contributed by atoms with Crippen LogP contribution in [0.25, 0.3) is 10.4 Å². The molecule has 6 nitrogen and oxygen atoms in total. The summed E-state index contributed by atoms with van der Waals surface area (Å²) < 4.78 is 64.8. The Hall–Kier alpha value is -2.10. The van der Waals surface area contributed by atoms with Gasteiger partial charge < -0.3 is 14.9 Å². The van der Waals surface area contributed by atoms with Gasteiger partial charge in [-0.15, -0.1) is 0 Å².